The molecule has 4 aromatic rings. The normalized spacial score (nSPS) is 12.0. The van der Waals surface area contributed by atoms with E-state index in [0.29, 0.717) is 35.3 Å². The molecule has 2 aromatic carbocycles. The van der Waals surface area contributed by atoms with Crippen LogP contribution in [0.5, 0.6) is 11.5 Å². The maximum atomic E-state index is 5.83. The minimum atomic E-state index is -0.167. The van der Waals surface area contributed by atoms with Gasteiger partial charge < -0.3 is 18.3 Å². The summed E-state index contributed by atoms with van der Waals surface area (Å²) in [6.45, 7) is 4.42. The van der Waals surface area contributed by atoms with E-state index < -0.39 is 0 Å². The van der Waals surface area contributed by atoms with Crippen molar-refractivity contribution in [3.63, 3.8) is 0 Å². The van der Waals surface area contributed by atoms with E-state index in [1.807, 2.05) is 62.4 Å². The van der Waals surface area contributed by atoms with Crippen LogP contribution in [0.15, 0.2) is 62.6 Å². The number of aromatic nitrogens is 4. The first kappa shape index (κ1) is 20.0. The van der Waals surface area contributed by atoms with Gasteiger partial charge in [0.2, 0.25) is 11.8 Å². The average molecular weight is 424 g/mol. The number of hydrogen-bond acceptors (Lipinski definition) is 9. The third kappa shape index (κ3) is 4.30. The van der Waals surface area contributed by atoms with E-state index in [9.17, 15) is 0 Å². The van der Waals surface area contributed by atoms with Gasteiger partial charge in [0.05, 0.1) is 24.5 Å². The highest BCUT2D eigenvalue weighted by Gasteiger charge is 2.20. The van der Waals surface area contributed by atoms with Gasteiger partial charge in [-0.1, -0.05) is 23.9 Å². The highest BCUT2D eigenvalue weighted by Crippen LogP contribution is 2.37. The molecule has 2 heterocycles. The van der Waals surface area contributed by atoms with Crippen molar-refractivity contribution in [1.29, 1.82) is 0 Å². The SMILES string of the molecule is CCOc1ccccc1-c1nnc(SC(C)c2nnc(-c3ccc(OC)cc3)o2)o1. The molecule has 0 saturated heterocycles. The van der Waals surface area contributed by atoms with Crippen LogP contribution in [0.25, 0.3) is 22.9 Å². The number of methoxy groups -OCH3 is 1. The lowest BCUT2D eigenvalue weighted by Crippen LogP contribution is -1.93. The van der Waals surface area contributed by atoms with Gasteiger partial charge in [0.25, 0.3) is 11.1 Å². The van der Waals surface area contributed by atoms with Crippen molar-refractivity contribution in [1.82, 2.24) is 20.4 Å². The lowest BCUT2D eigenvalue weighted by Gasteiger charge is -2.06. The monoisotopic (exact) mass is 424 g/mol. The first-order valence-corrected chi connectivity index (χ1v) is 10.3. The van der Waals surface area contributed by atoms with Gasteiger partial charge in [0, 0.05) is 5.56 Å². The van der Waals surface area contributed by atoms with Gasteiger partial charge in [-0.25, -0.2) is 0 Å². The summed E-state index contributed by atoms with van der Waals surface area (Å²) in [6.07, 6.45) is 0. The molecule has 0 spiro atoms. The fourth-order valence-corrected chi connectivity index (χ4v) is 3.46. The summed E-state index contributed by atoms with van der Waals surface area (Å²) in [5.74, 6) is 2.78. The van der Waals surface area contributed by atoms with E-state index in [-0.39, 0.29) is 5.25 Å². The van der Waals surface area contributed by atoms with Crippen LogP contribution in [-0.4, -0.2) is 34.1 Å². The van der Waals surface area contributed by atoms with Crippen LogP contribution in [0.1, 0.15) is 25.0 Å². The predicted molar refractivity (Wildman–Crippen MR) is 111 cm³/mol. The minimum absolute atomic E-state index is 0.167. The van der Waals surface area contributed by atoms with E-state index in [1.54, 1.807) is 7.11 Å². The molecule has 1 unspecified atom stereocenters. The molecule has 0 amide bonds. The third-order valence-electron chi connectivity index (χ3n) is 4.23. The molecule has 9 heteroatoms. The Balaban J connectivity index is 1.47. The summed E-state index contributed by atoms with van der Waals surface area (Å²) in [6, 6.07) is 15.0. The molecule has 0 aliphatic heterocycles. The molecule has 0 N–H and O–H groups in total. The first-order chi connectivity index (χ1) is 14.7. The minimum Gasteiger partial charge on any atom is -0.497 e. The van der Waals surface area contributed by atoms with Gasteiger partial charge in [-0.05, 0) is 50.2 Å². The Labute approximate surface area is 177 Å². The molecule has 8 nitrogen and oxygen atoms in total. The second kappa shape index (κ2) is 9.00. The lowest BCUT2D eigenvalue weighted by molar-refractivity contribution is 0.340. The molecule has 0 fully saturated rings. The van der Waals surface area contributed by atoms with E-state index in [4.69, 9.17) is 18.3 Å². The van der Waals surface area contributed by atoms with Gasteiger partial charge in [0.15, 0.2) is 0 Å². The number of ether oxygens (including phenoxy) is 2. The molecular formula is C21H20N4O4S. The highest BCUT2D eigenvalue weighted by molar-refractivity contribution is 7.99. The fraction of sp³-hybridized carbons (Fsp3) is 0.238. The zero-order chi connectivity index (χ0) is 20.9. The fourth-order valence-electron chi connectivity index (χ4n) is 2.74. The van der Waals surface area contributed by atoms with Gasteiger partial charge in [-0.15, -0.1) is 20.4 Å². The Bertz CT molecular complexity index is 1110. The summed E-state index contributed by atoms with van der Waals surface area (Å²) < 4.78 is 22.5. The Hall–Kier alpha value is -3.33. The quantitative estimate of drug-likeness (QED) is 0.360. The van der Waals surface area contributed by atoms with Crippen LogP contribution in [-0.2, 0) is 0 Å². The largest absolute Gasteiger partial charge is 0.497 e. The Morgan fingerprint density at radius 2 is 1.70 bits per heavy atom. The third-order valence-corrected chi connectivity index (χ3v) is 5.15. The van der Waals surface area contributed by atoms with Crippen molar-refractivity contribution in [2.75, 3.05) is 13.7 Å². The van der Waals surface area contributed by atoms with E-state index in [2.05, 4.69) is 20.4 Å². The van der Waals surface area contributed by atoms with Gasteiger partial charge in [0.1, 0.15) is 11.5 Å². The molecule has 0 bridgehead atoms. The van der Waals surface area contributed by atoms with Gasteiger partial charge in [-0.3, -0.25) is 0 Å². The number of thioether (sulfide) groups is 1. The van der Waals surface area contributed by atoms with Gasteiger partial charge >= 0.3 is 0 Å². The topological polar surface area (TPSA) is 96.3 Å². The van der Waals surface area contributed by atoms with Crippen LogP contribution in [0, 0.1) is 0 Å². The molecule has 2 aromatic heterocycles. The Morgan fingerprint density at radius 3 is 2.47 bits per heavy atom. The molecule has 0 aliphatic carbocycles. The highest BCUT2D eigenvalue weighted by atomic mass is 32.2. The van der Waals surface area contributed by atoms with Gasteiger partial charge in [-0.2, -0.15) is 0 Å². The van der Waals surface area contributed by atoms with Crippen LogP contribution in [0.2, 0.25) is 0 Å². The van der Waals surface area contributed by atoms with Crippen LogP contribution in [0.3, 0.4) is 0 Å². The second-order valence-electron chi connectivity index (χ2n) is 6.24. The van der Waals surface area contributed by atoms with Crippen LogP contribution in [0.4, 0.5) is 0 Å². The van der Waals surface area contributed by atoms with Crippen molar-refractivity contribution < 1.29 is 18.3 Å². The molecule has 1 atom stereocenters. The van der Waals surface area contributed by atoms with E-state index >= 15 is 0 Å². The van der Waals surface area contributed by atoms with Crippen LogP contribution < -0.4 is 9.47 Å². The molecular weight excluding hydrogens is 404 g/mol. The zero-order valence-corrected chi connectivity index (χ0v) is 17.5. The van der Waals surface area contributed by atoms with E-state index in [1.165, 1.54) is 11.8 Å². The summed E-state index contributed by atoms with van der Waals surface area (Å²) in [5, 5.41) is 16.8. The summed E-state index contributed by atoms with van der Waals surface area (Å²) in [4.78, 5) is 0. The number of benzene rings is 2. The number of rotatable bonds is 8. The molecule has 30 heavy (non-hydrogen) atoms. The first-order valence-electron chi connectivity index (χ1n) is 9.38. The Morgan fingerprint density at radius 1 is 0.933 bits per heavy atom. The van der Waals surface area contributed by atoms with Crippen LogP contribution >= 0.6 is 11.8 Å². The molecule has 0 saturated carbocycles. The number of nitrogens with zero attached hydrogens (tertiary/aromatic N) is 4. The molecule has 0 aliphatic rings. The smallest absolute Gasteiger partial charge is 0.277 e. The molecule has 154 valence electrons. The average Bonchev–Trinajstić information content (AvgIpc) is 3.45. The van der Waals surface area contributed by atoms with Crippen molar-refractivity contribution in [3.8, 4) is 34.4 Å². The maximum Gasteiger partial charge on any atom is 0.277 e. The van der Waals surface area contributed by atoms with Crippen molar-refractivity contribution in [2.24, 2.45) is 0 Å². The number of para-hydroxylation sites is 1. The van der Waals surface area contributed by atoms with Crippen molar-refractivity contribution in [3.05, 3.63) is 54.4 Å². The predicted octanol–water partition coefficient (Wildman–Crippen LogP) is 5.05. The van der Waals surface area contributed by atoms with Crippen molar-refractivity contribution in [2.45, 2.75) is 24.3 Å². The second-order valence-corrected chi connectivity index (χ2v) is 7.53. The summed E-state index contributed by atoms with van der Waals surface area (Å²) in [5.41, 5.74) is 1.57. The van der Waals surface area contributed by atoms with Crippen molar-refractivity contribution >= 4 is 11.8 Å². The number of hydrogen-bond donors (Lipinski definition) is 0. The summed E-state index contributed by atoms with van der Waals surface area (Å²) in [7, 11) is 1.62. The maximum absolute atomic E-state index is 5.83. The molecule has 0 radical (unpaired) electrons. The molecule has 4 rings (SSSR count). The Kier molecular flexibility index (Phi) is 5.99. The summed E-state index contributed by atoms with van der Waals surface area (Å²) >= 11 is 1.35. The van der Waals surface area contributed by atoms with E-state index in [0.717, 1.165) is 16.9 Å². The lowest BCUT2D eigenvalue weighted by atomic mass is 10.2. The zero-order valence-electron chi connectivity index (χ0n) is 16.7. The standard InChI is InChI=1S/C21H20N4O4S/c1-4-27-17-8-6-5-7-16(17)20-24-25-21(29-20)30-13(2)18-22-23-19(28-18)14-9-11-15(26-3)12-10-14/h5-13H,4H2,1-3H3.